The summed E-state index contributed by atoms with van der Waals surface area (Å²) in [6.07, 6.45) is 5.34. The molecule has 0 fully saturated rings. The third kappa shape index (κ3) is 5.43. The van der Waals surface area contributed by atoms with E-state index in [-0.39, 0.29) is 5.92 Å². The molecule has 1 unspecified atom stereocenters. The van der Waals surface area contributed by atoms with Gasteiger partial charge in [0, 0.05) is 28.2 Å². The number of allylic oxidation sites excluding steroid dienone is 4. The summed E-state index contributed by atoms with van der Waals surface area (Å²) in [5.41, 5.74) is 10.9. The van der Waals surface area contributed by atoms with Gasteiger partial charge in [-0.15, -0.1) is 0 Å². The fourth-order valence-electron chi connectivity index (χ4n) is 6.84. The Bertz CT molecular complexity index is 2310. The summed E-state index contributed by atoms with van der Waals surface area (Å²) < 4.78 is 6.89. The van der Waals surface area contributed by atoms with E-state index in [1.165, 1.54) is 22.3 Å². The van der Waals surface area contributed by atoms with Gasteiger partial charge in [-0.05, 0) is 46.4 Å². The van der Waals surface area contributed by atoms with Gasteiger partial charge in [0.15, 0.2) is 17.5 Å². The van der Waals surface area contributed by atoms with E-state index in [1.54, 1.807) is 0 Å². The lowest BCUT2D eigenvalue weighted by Crippen LogP contribution is -2.05. The molecular weight excluding hydrogens is 599 g/mol. The summed E-state index contributed by atoms with van der Waals surface area (Å²) in [5, 5.41) is 0. The van der Waals surface area contributed by atoms with Crippen LogP contribution in [-0.2, 0) is 0 Å². The zero-order valence-electron chi connectivity index (χ0n) is 26.7. The number of hydrogen-bond acceptors (Lipinski definition) is 4. The summed E-state index contributed by atoms with van der Waals surface area (Å²) in [5.74, 6) is 3.77. The highest BCUT2D eigenvalue weighted by Gasteiger charge is 2.35. The number of para-hydroxylation sites is 1. The predicted molar refractivity (Wildman–Crippen MR) is 197 cm³/mol. The summed E-state index contributed by atoms with van der Waals surface area (Å²) in [6.45, 7) is 0. The molecule has 0 saturated carbocycles. The van der Waals surface area contributed by atoms with Crippen molar-refractivity contribution in [1.29, 1.82) is 0 Å². The van der Waals surface area contributed by atoms with Crippen molar-refractivity contribution in [3.8, 4) is 62.2 Å². The molecule has 1 aromatic heterocycles. The van der Waals surface area contributed by atoms with Crippen LogP contribution in [0.15, 0.2) is 176 Å². The maximum Gasteiger partial charge on any atom is 0.167 e. The number of aromatic nitrogens is 3. The standard InChI is InChI=1S/C45H31N3O/c1-4-13-30(14-5-1)31-25-27-32(28-26-31)35-19-10-20-36(29-35)37-21-11-22-38-39-23-12-24-40(42(39)49-41(37)38)45-47-43(33-15-6-2-7-16-33)46-44(48-45)34-17-8-3-9-18-34/h1-21,23-29,38H,22H2. The Balaban J connectivity index is 1.10. The molecule has 232 valence electrons. The normalized spacial score (nSPS) is 14.7. The van der Waals surface area contributed by atoms with Gasteiger partial charge < -0.3 is 4.74 Å². The van der Waals surface area contributed by atoms with Gasteiger partial charge in [0.2, 0.25) is 0 Å². The van der Waals surface area contributed by atoms with E-state index in [9.17, 15) is 0 Å². The van der Waals surface area contributed by atoms with Gasteiger partial charge in [0.25, 0.3) is 0 Å². The van der Waals surface area contributed by atoms with Gasteiger partial charge in [0.05, 0.1) is 5.56 Å². The molecule has 9 rings (SSSR count). The average Bonchev–Trinajstić information content (AvgIpc) is 3.58. The monoisotopic (exact) mass is 629 g/mol. The van der Waals surface area contributed by atoms with E-state index in [0.717, 1.165) is 51.3 Å². The lowest BCUT2D eigenvalue weighted by Gasteiger charge is -2.18. The molecule has 49 heavy (non-hydrogen) atoms. The van der Waals surface area contributed by atoms with Crippen molar-refractivity contribution >= 4 is 5.57 Å². The highest BCUT2D eigenvalue weighted by atomic mass is 16.5. The topological polar surface area (TPSA) is 47.9 Å². The SMILES string of the molecule is C1=CC(c2cccc(-c3ccc(-c4ccccc4)cc3)c2)=C2Oc3c(-c4nc(-c5ccccc5)nc(-c5ccccc5)n4)cccc3C2C1. The van der Waals surface area contributed by atoms with Crippen LogP contribution in [0.25, 0.3) is 62.0 Å². The molecule has 4 heteroatoms. The first-order valence-electron chi connectivity index (χ1n) is 16.6. The van der Waals surface area contributed by atoms with Crippen LogP contribution in [0.5, 0.6) is 5.75 Å². The maximum atomic E-state index is 6.89. The Morgan fingerprint density at radius 1 is 0.449 bits per heavy atom. The van der Waals surface area contributed by atoms with Gasteiger partial charge in [-0.3, -0.25) is 0 Å². The van der Waals surface area contributed by atoms with E-state index in [4.69, 9.17) is 19.7 Å². The number of ether oxygens (including phenoxy) is 1. The van der Waals surface area contributed by atoms with Crippen molar-refractivity contribution < 1.29 is 4.74 Å². The molecule has 1 aliphatic carbocycles. The van der Waals surface area contributed by atoms with E-state index in [2.05, 4.69) is 103 Å². The van der Waals surface area contributed by atoms with Gasteiger partial charge >= 0.3 is 0 Å². The molecule has 1 atom stereocenters. The van der Waals surface area contributed by atoms with E-state index in [1.807, 2.05) is 66.7 Å². The van der Waals surface area contributed by atoms with Gasteiger partial charge in [-0.2, -0.15) is 0 Å². The first kappa shape index (κ1) is 28.8. The van der Waals surface area contributed by atoms with E-state index in [0.29, 0.717) is 17.5 Å². The van der Waals surface area contributed by atoms with Crippen molar-refractivity contribution in [3.05, 3.63) is 187 Å². The average molecular weight is 630 g/mol. The van der Waals surface area contributed by atoms with Crippen molar-refractivity contribution in [2.75, 3.05) is 0 Å². The number of hydrogen-bond donors (Lipinski definition) is 0. The van der Waals surface area contributed by atoms with Crippen molar-refractivity contribution in [3.63, 3.8) is 0 Å². The quantitative estimate of drug-likeness (QED) is 0.184. The largest absolute Gasteiger partial charge is 0.459 e. The first-order chi connectivity index (χ1) is 24.3. The second kappa shape index (κ2) is 12.3. The number of nitrogens with zero attached hydrogens (tertiary/aromatic N) is 3. The molecule has 0 saturated heterocycles. The Morgan fingerprint density at radius 2 is 0.959 bits per heavy atom. The number of rotatable bonds is 6. The predicted octanol–water partition coefficient (Wildman–Crippen LogP) is 11.1. The molecule has 0 radical (unpaired) electrons. The minimum absolute atomic E-state index is 0.118. The molecule has 7 aromatic rings. The van der Waals surface area contributed by atoms with Crippen LogP contribution in [0.3, 0.4) is 0 Å². The van der Waals surface area contributed by atoms with Crippen LogP contribution < -0.4 is 4.74 Å². The third-order valence-corrected chi connectivity index (χ3v) is 9.31. The highest BCUT2D eigenvalue weighted by molar-refractivity contribution is 5.84. The molecular formula is C45H31N3O. The Labute approximate surface area is 285 Å². The molecule has 4 nitrogen and oxygen atoms in total. The second-order valence-corrected chi connectivity index (χ2v) is 12.4. The van der Waals surface area contributed by atoms with Crippen molar-refractivity contribution in [1.82, 2.24) is 15.0 Å². The van der Waals surface area contributed by atoms with Crippen LogP contribution >= 0.6 is 0 Å². The fourth-order valence-corrected chi connectivity index (χ4v) is 6.84. The summed E-state index contributed by atoms with van der Waals surface area (Å²) in [6, 6.07) is 54.5. The lowest BCUT2D eigenvalue weighted by molar-refractivity contribution is 0.430. The van der Waals surface area contributed by atoms with Crippen molar-refractivity contribution in [2.24, 2.45) is 0 Å². The zero-order chi connectivity index (χ0) is 32.6. The minimum atomic E-state index is 0.118. The van der Waals surface area contributed by atoms with Gasteiger partial charge in [-0.25, -0.2) is 15.0 Å². The van der Waals surface area contributed by atoms with Gasteiger partial charge in [-0.1, -0.05) is 158 Å². The Kier molecular flexibility index (Phi) is 7.25. The smallest absolute Gasteiger partial charge is 0.167 e. The number of fused-ring (bicyclic) bond motifs is 3. The zero-order valence-corrected chi connectivity index (χ0v) is 26.7. The van der Waals surface area contributed by atoms with Crippen LogP contribution in [-0.4, -0.2) is 15.0 Å². The van der Waals surface area contributed by atoms with Gasteiger partial charge in [0.1, 0.15) is 11.5 Å². The molecule has 0 N–H and O–H groups in total. The van der Waals surface area contributed by atoms with Crippen LogP contribution in [0, 0.1) is 0 Å². The third-order valence-electron chi connectivity index (χ3n) is 9.31. The Hall–Kier alpha value is -6.39. The van der Waals surface area contributed by atoms with Crippen LogP contribution in [0.1, 0.15) is 23.5 Å². The summed E-state index contributed by atoms with van der Waals surface area (Å²) >= 11 is 0. The fraction of sp³-hybridized carbons (Fsp3) is 0.0444. The lowest BCUT2D eigenvalue weighted by atomic mass is 9.86. The highest BCUT2D eigenvalue weighted by Crippen LogP contribution is 2.51. The summed E-state index contributed by atoms with van der Waals surface area (Å²) in [4.78, 5) is 14.9. The van der Waals surface area contributed by atoms with Crippen LogP contribution in [0.4, 0.5) is 0 Å². The van der Waals surface area contributed by atoms with E-state index < -0.39 is 0 Å². The van der Waals surface area contributed by atoms with Crippen molar-refractivity contribution in [2.45, 2.75) is 12.3 Å². The molecule has 0 bridgehead atoms. The van der Waals surface area contributed by atoms with Crippen LogP contribution in [0.2, 0.25) is 0 Å². The minimum Gasteiger partial charge on any atom is -0.459 e. The molecule has 2 heterocycles. The molecule has 6 aromatic carbocycles. The maximum absolute atomic E-state index is 6.89. The first-order valence-corrected chi connectivity index (χ1v) is 16.6. The second-order valence-electron chi connectivity index (χ2n) is 12.4. The number of benzene rings is 6. The molecule has 2 aliphatic rings. The molecule has 1 aliphatic heterocycles. The summed E-state index contributed by atoms with van der Waals surface area (Å²) in [7, 11) is 0. The molecule has 0 amide bonds. The van der Waals surface area contributed by atoms with E-state index >= 15 is 0 Å². The Morgan fingerprint density at radius 3 is 1.61 bits per heavy atom. The molecule has 0 spiro atoms.